The minimum atomic E-state index is -3.67. The third kappa shape index (κ3) is 7.65. The molecule has 0 aliphatic heterocycles. The molecule has 2 aromatic rings. The smallest absolute Gasteiger partial charge is 0.261 e. The van der Waals surface area contributed by atoms with Crippen molar-refractivity contribution in [2.24, 2.45) is 0 Å². The molecule has 0 aliphatic rings. The van der Waals surface area contributed by atoms with Crippen molar-refractivity contribution in [2.75, 3.05) is 6.26 Å². The molecule has 0 aliphatic carbocycles. The molecule has 4 nitrogen and oxygen atoms in total. The van der Waals surface area contributed by atoms with Gasteiger partial charge < -0.3 is 5.11 Å². The molecule has 0 amide bonds. The minimum Gasteiger partial charge on any atom is -0.508 e. The SMILES string of the molecule is CC.CS(=O)(=O)O.[2H]c1c(O)ccc2ccccc12. The molecule has 0 unspecified atom stereocenters. The first kappa shape index (κ1) is 14.5. The van der Waals surface area contributed by atoms with Gasteiger partial charge in [-0.15, -0.1) is 0 Å². The number of phenolic OH excluding ortho intramolecular Hbond substituents is 1. The highest BCUT2D eigenvalue weighted by atomic mass is 32.2. The van der Waals surface area contributed by atoms with E-state index in [4.69, 9.17) is 5.92 Å². The Morgan fingerprint density at radius 2 is 1.50 bits per heavy atom. The molecule has 0 spiro atoms. The molecule has 0 atom stereocenters. The molecule has 0 saturated heterocycles. The fourth-order valence-corrected chi connectivity index (χ4v) is 1.10. The molecule has 2 N–H and O–H groups in total. The van der Waals surface area contributed by atoms with Crippen molar-refractivity contribution < 1.29 is 19.4 Å². The van der Waals surface area contributed by atoms with Crippen molar-refractivity contribution in [1.82, 2.24) is 0 Å². The van der Waals surface area contributed by atoms with E-state index < -0.39 is 10.1 Å². The number of hydrogen-bond donors (Lipinski definition) is 2. The number of phenols is 1. The average Bonchev–Trinajstić information content (AvgIpc) is 2.35. The van der Waals surface area contributed by atoms with Crippen LogP contribution in [-0.4, -0.2) is 24.3 Å². The fourth-order valence-electron chi connectivity index (χ4n) is 1.10. The lowest BCUT2D eigenvalue weighted by Gasteiger charge is -1.96. The lowest BCUT2D eigenvalue weighted by molar-refractivity contribution is 0.476. The molecule has 0 saturated carbocycles. The van der Waals surface area contributed by atoms with Gasteiger partial charge in [0.1, 0.15) is 5.75 Å². The van der Waals surface area contributed by atoms with E-state index in [1.165, 1.54) is 0 Å². The van der Waals surface area contributed by atoms with Gasteiger partial charge in [-0.3, -0.25) is 4.55 Å². The maximum atomic E-state index is 9.23. The minimum absolute atomic E-state index is 0.0358. The second kappa shape index (κ2) is 7.68. The van der Waals surface area contributed by atoms with Gasteiger partial charge in [-0.1, -0.05) is 44.2 Å². The van der Waals surface area contributed by atoms with Crippen molar-refractivity contribution in [3.05, 3.63) is 42.4 Å². The molecule has 2 rings (SSSR count). The molecule has 2 aromatic carbocycles. The van der Waals surface area contributed by atoms with E-state index >= 15 is 0 Å². The third-order valence-electron chi connectivity index (χ3n) is 1.64. The van der Waals surface area contributed by atoms with Gasteiger partial charge in [0, 0.05) is 0 Å². The Bertz CT molecular complexity index is 616. The summed E-state index contributed by atoms with van der Waals surface area (Å²) in [5.74, 6) is 0.0358. The molecule has 0 heterocycles. The molecule has 100 valence electrons. The largest absolute Gasteiger partial charge is 0.508 e. The van der Waals surface area contributed by atoms with Crippen LogP contribution in [0.5, 0.6) is 5.75 Å². The topological polar surface area (TPSA) is 74.6 Å². The Balaban J connectivity index is 0.000000396. The van der Waals surface area contributed by atoms with E-state index in [0.29, 0.717) is 6.26 Å². The van der Waals surface area contributed by atoms with Crippen LogP contribution >= 0.6 is 0 Å². The highest BCUT2D eigenvalue weighted by Gasteiger charge is 1.91. The Morgan fingerprint density at radius 3 is 2.00 bits per heavy atom. The number of rotatable bonds is 0. The zero-order valence-electron chi connectivity index (χ0n) is 11.6. The van der Waals surface area contributed by atoms with Crippen LogP contribution in [0.2, 0.25) is 0 Å². The summed E-state index contributed by atoms with van der Waals surface area (Å²) < 4.78 is 33.4. The molecule has 0 bridgehead atoms. The molecular weight excluding hydrogens is 252 g/mol. The molecule has 0 aromatic heterocycles. The number of hydrogen-bond acceptors (Lipinski definition) is 3. The normalized spacial score (nSPS) is 10.6. The van der Waals surface area contributed by atoms with E-state index in [1.54, 1.807) is 6.07 Å². The summed E-state index contributed by atoms with van der Waals surface area (Å²) in [4.78, 5) is 0. The highest BCUT2D eigenvalue weighted by Crippen LogP contribution is 2.18. The Morgan fingerprint density at radius 1 is 1.06 bits per heavy atom. The summed E-state index contributed by atoms with van der Waals surface area (Å²) in [6.07, 6.45) is 0.715. The van der Waals surface area contributed by atoms with Crippen molar-refractivity contribution in [3.63, 3.8) is 0 Å². The third-order valence-corrected chi connectivity index (χ3v) is 1.64. The van der Waals surface area contributed by atoms with Crippen LogP contribution in [0.4, 0.5) is 0 Å². The second-order valence-electron chi connectivity index (χ2n) is 3.16. The van der Waals surface area contributed by atoms with Gasteiger partial charge in [0.25, 0.3) is 10.1 Å². The summed E-state index contributed by atoms with van der Waals surface area (Å²) in [5, 5.41) is 11.0. The predicted molar refractivity (Wildman–Crippen MR) is 74.4 cm³/mol. The van der Waals surface area contributed by atoms with E-state index in [-0.39, 0.29) is 11.8 Å². The van der Waals surface area contributed by atoms with Gasteiger partial charge in [0.2, 0.25) is 0 Å². The van der Waals surface area contributed by atoms with Crippen LogP contribution < -0.4 is 0 Å². The summed E-state index contributed by atoms with van der Waals surface area (Å²) >= 11 is 0. The van der Waals surface area contributed by atoms with Gasteiger partial charge in [-0.05, 0) is 22.9 Å². The summed E-state index contributed by atoms with van der Waals surface area (Å²) in [5.41, 5.74) is 0. The maximum absolute atomic E-state index is 9.23. The van der Waals surface area contributed by atoms with Gasteiger partial charge in [0.05, 0.1) is 7.63 Å². The van der Waals surface area contributed by atoms with E-state index in [9.17, 15) is 13.5 Å². The van der Waals surface area contributed by atoms with Crippen molar-refractivity contribution >= 4 is 20.9 Å². The first-order chi connectivity index (χ1) is 8.79. The molecule has 5 heteroatoms. The van der Waals surface area contributed by atoms with Crippen LogP contribution in [0, 0.1) is 0 Å². The second-order valence-corrected chi connectivity index (χ2v) is 4.63. The molecule has 0 fully saturated rings. The Kier molecular flexibility index (Phi) is 6.18. The number of benzene rings is 2. The van der Waals surface area contributed by atoms with Gasteiger partial charge in [0.15, 0.2) is 0 Å². The van der Waals surface area contributed by atoms with E-state index in [0.717, 1.165) is 10.8 Å². The van der Waals surface area contributed by atoms with Crippen LogP contribution in [0.3, 0.4) is 0 Å². The standard InChI is InChI=1S/C10H8O.C2H6.CH4O3S/c11-10-6-5-8-3-1-2-4-9(8)7-10;1-2;1-5(2,3)4/h1-7,11H;1-2H3;1H3,(H,2,3,4)/i7D;;. The van der Waals surface area contributed by atoms with Crippen molar-refractivity contribution in [1.29, 1.82) is 0 Å². The number of aromatic hydroxyl groups is 1. The Labute approximate surface area is 109 Å². The quantitative estimate of drug-likeness (QED) is 0.722. The zero-order chi connectivity index (χ0) is 15.1. The summed E-state index contributed by atoms with van der Waals surface area (Å²) in [7, 11) is -3.67. The molecular formula is C13H18O4S. The monoisotopic (exact) mass is 271 g/mol. The van der Waals surface area contributed by atoms with Crippen molar-refractivity contribution in [3.8, 4) is 5.75 Å². The maximum Gasteiger partial charge on any atom is 0.261 e. The zero-order valence-corrected chi connectivity index (χ0v) is 11.4. The lowest BCUT2D eigenvalue weighted by Crippen LogP contribution is -1.88. The average molecular weight is 271 g/mol. The highest BCUT2D eigenvalue weighted by molar-refractivity contribution is 7.85. The van der Waals surface area contributed by atoms with Crippen LogP contribution in [0.25, 0.3) is 10.8 Å². The van der Waals surface area contributed by atoms with Gasteiger partial charge in [-0.25, -0.2) is 0 Å². The summed E-state index contributed by atoms with van der Waals surface area (Å²) in [6, 6.07) is 11.1. The van der Waals surface area contributed by atoms with Crippen molar-refractivity contribution in [2.45, 2.75) is 13.8 Å². The first-order valence-corrected chi connectivity index (χ1v) is 7.23. The summed E-state index contributed by atoms with van der Waals surface area (Å²) in [6.45, 7) is 4.00. The molecule has 0 radical (unpaired) electrons. The van der Waals surface area contributed by atoms with Gasteiger partial charge >= 0.3 is 0 Å². The van der Waals surface area contributed by atoms with E-state index in [1.807, 2.05) is 44.2 Å². The lowest BCUT2D eigenvalue weighted by atomic mass is 10.1. The van der Waals surface area contributed by atoms with Crippen LogP contribution in [0.15, 0.2) is 42.4 Å². The number of fused-ring (bicyclic) bond motifs is 1. The van der Waals surface area contributed by atoms with Crippen LogP contribution in [-0.2, 0) is 10.1 Å². The van der Waals surface area contributed by atoms with Gasteiger partial charge in [-0.2, -0.15) is 8.42 Å². The fraction of sp³-hybridized carbons (Fsp3) is 0.231. The van der Waals surface area contributed by atoms with E-state index in [2.05, 4.69) is 0 Å². The predicted octanol–water partition coefficient (Wildman–Crippen LogP) is 3.08. The first-order valence-electron chi connectivity index (χ1n) is 5.89. The molecule has 18 heavy (non-hydrogen) atoms. The van der Waals surface area contributed by atoms with Crippen LogP contribution in [0.1, 0.15) is 15.2 Å². The Hall–Kier alpha value is -1.59.